The van der Waals surface area contributed by atoms with Crippen LogP contribution in [0.2, 0.25) is 0 Å². The molecule has 0 aromatic carbocycles. The molecule has 0 aliphatic carbocycles. The zero-order valence-electron chi connectivity index (χ0n) is 6.13. The minimum absolute atomic E-state index is 0.697. The standard InChI is InChI=1S/C6H13NOS2/c1-2-3-6-4-5-10(8)7-9-6/h6-7H,2-5H2,1H3. The van der Waals surface area contributed by atoms with Crippen LogP contribution in [0, 0.1) is 0 Å². The van der Waals surface area contributed by atoms with Crippen LogP contribution in [0.1, 0.15) is 26.2 Å². The van der Waals surface area contributed by atoms with Crippen LogP contribution in [0.25, 0.3) is 0 Å². The van der Waals surface area contributed by atoms with E-state index in [1.807, 2.05) is 0 Å². The van der Waals surface area contributed by atoms with E-state index in [1.54, 1.807) is 11.9 Å². The second-order valence-corrected chi connectivity index (χ2v) is 5.12. The van der Waals surface area contributed by atoms with E-state index in [0.29, 0.717) is 5.25 Å². The summed E-state index contributed by atoms with van der Waals surface area (Å²) in [4.78, 5) is 0. The highest BCUT2D eigenvalue weighted by Gasteiger charge is 2.16. The third kappa shape index (κ3) is 2.60. The van der Waals surface area contributed by atoms with E-state index in [-0.39, 0.29) is 0 Å². The lowest BCUT2D eigenvalue weighted by Gasteiger charge is -2.19. The molecule has 0 amide bonds. The molecule has 2 atom stereocenters. The fourth-order valence-corrected chi connectivity index (χ4v) is 3.53. The van der Waals surface area contributed by atoms with Crippen LogP contribution in [0.15, 0.2) is 0 Å². The Hall–Kier alpha value is 0.460. The van der Waals surface area contributed by atoms with Gasteiger partial charge in [-0.1, -0.05) is 25.3 Å². The number of nitrogens with one attached hydrogen (secondary N) is 1. The Balaban J connectivity index is 2.19. The van der Waals surface area contributed by atoms with Crippen molar-refractivity contribution >= 4 is 22.9 Å². The van der Waals surface area contributed by atoms with Crippen LogP contribution in [-0.2, 0) is 11.0 Å². The molecule has 1 fully saturated rings. The Labute approximate surface area is 68.9 Å². The third-order valence-corrected chi connectivity index (χ3v) is 4.08. The highest BCUT2D eigenvalue weighted by Crippen LogP contribution is 2.21. The van der Waals surface area contributed by atoms with Crippen molar-refractivity contribution in [1.29, 1.82) is 0 Å². The molecule has 0 aromatic heterocycles. The molecule has 0 spiro atoms. The van der Waals surface area contributed by atoms with E-state index in [2.05, 4.69) is 11.1 Å². The molecule has 1 N–H and O–H groups in total. The number of hydrogen-bond acceptors (Lipinski definition) is 2. The number of hydrogen-bond donors (Lipinski definition) is 1. The van der Waals surface area contributed by atoms with Crippen LogP contribution in [0.4, 0.5) is 0 Å². The maximum absolute atomic E-state index is 10.8. The number of rotatable bonds is 2. The summed E-state index contributed by atoms with van der Waals surface area (Å²) in [6, 6.07) is 0. The summed E-state index contributed by atoms with van der Waals surface area (Å²) in [5.74, 6) is 0.831. The topological polar surface area (TPSA) is 29.1 Å². The lowest BCUT2D eigenvalue weighted by atomic mass is 10.2. The summed E-state index contributed by atoms with van der Waals surface area (Å²) < 4.78 is 13.7. The van der Waals surface area contributed by atoms with Gasteiger partial charge in [0.05, 0.1) is 0 Å². The van der Waals surface area contributed by atoms with Crippen molar-refractivity contribution in [2.24, 2.45) is 0 Å². The molecule has 1 rings (SSSR count). The van der Waals surface area contributed by atoms with Crippen LogP contribution in [0.3, 0.4) is 0 Å². The van der Waals surface area contributed by atoms with Gasteiger partial charge >= 0.3 is 0 Å². The van der Waals surface area contributed by atoms with Gasteiger partial charge < -0.3 is 0 Å². The first-order valence-corrected chi connectivity index (χ1v) is 5.82. The minimum atomic E-state index is -0.752. The molecular formula is C6H13NOS2. The molecule has 0 radical (unpaired) electrons. The monoisotopic (exact) mass is 179 g/mol. The van der Waals surface area contributed by atoms with Gasteiger partial charge in [-0.25, -0.2) is 4.21 Å². The van der Waals surface area contributed by atoms with Crippen LogP contribution >= 0.6 is 11.9 Å². The van der Waals surface area contributed by atoms with Gasteiger partial charge in [0.15, 0.2) is 0 Å². The summed E-state index contributed by atoms with van der Waals surface area (Å²) in [5.41, 5.74) is 0. The Morgan fingerprint density at radius 3 is 3.10 bits per heavy atom. The van der Waals surface area contributed by atoms with Gasteiger partial charge in [-0.2, -0.15) is 4.13 Å². The second-order valence-electron chi connectivity index (χ2n) is 2.45. The van der Waals surface area contributed by atoms with E-state index in [9.17, 15) is 4.21 Å². The summed E-state index contributed by atoms with van der Waals surface area (Å²) in [7, 11) is -0.752. The van der Waals surface area contributed by atoms with Crippen LogP contribution in [-0.4, -0.2) is 15.2 Å². The van der Waals surface area contributed by atoms with E-state index >= 15 is 0 Å². The van der Waals surface area contributed by atoms with Crippen molar-refractivity contribution in [2.45, 2.75) is 31.4 Å². The van der Waals surface area contributed by atoms with Gasteiger partial charge in [0.25, 0.3) is 0 Å². The van der Waals surface area contributed by atoms with E-state index in [1.165, 1.54) is 12.8 Å². The molecule has 4 heteroatoms. The van der Waals surface area contributed by atoms with E-state index in [4.69, 9.17) is 0 Å². The van der Waals surface area contributed by atoms with Crippen molar-refractivity contribution in [3.63, 3.8) is 0 Å². The van der Waals surface area contributed by atoms with Gasteiger partial charge in [0.1, 0.15) is 11.0 Å². The van der Waals surface area contributed by atoms with Crippen molar-refractivity contribution in [3.8, 4) is 0 Å². The predicted octanol–water partition coefficient (Wildman–Crippen LogP) is 1.46. The first-order chi connectivity index (χ1) is 4.83. The molecule has 2 unspecified atom stereocenters. The smallest absolute Gasteiger partial charge is 0.102 e. The van der Waals surface area contributed by atoms with Crippen molar-refractivity contribution < 1.29 is 4.21 Å². The Kier molecular flexibility index (Phi) is 3.73. The molecule has 1 aliphatic heterocycles. The SMILES string of the molecule is CCCC1CCS(=O)NS1. The quantitative estimate of drug-likeness (QED) is 0.650. The van der Waals surface area contributed by atoms with E-state index < -0.39 is 11.0 Å². The summed E-state index contributed by atoms with van der Waals surface area (Å²) in [6.45, 7) is 2.19. The zero-order valence-corrected chi connectivity index (χ0v) is 7.76. The summed E-state index contributed by atoms with van der Waals surface area (Å²) in [6.07, 6.45) is 3.58. The molecule has 0 bridgehead atoms. The highest BCUT2D eigenvalue weighted by molar-refractivity contribution is 8.08. The molecule has 2 nitrogen and oxygen atoms in total. The third-order valence-electron chi connectivity index (χ3n) is 1.54. The van der Waals surface area contributed by atoms with Crippen LogP contribution < -0.4 is 4.13 Å². The molecule has 10 heavy (non-hydrogen) atoms. The zero-order chi connectivity index (χ0) is 7.40. The highest BCUT2D eigenvalue weighted by atomic mass is 32.2. The lowest BCUT2D eigenvalue weighted by molar-refractivity contribution is 0.665. The lowest BCUT2D eigenvalue weighted by Crippen LogP contribution is -2.25. The Morgan fingerprint density at radius 2 is 2.60 bits per heavy atom. The van der Waals surface area contributed by atoms with E-state index in [0.717, 1.165) is 12.2 Å². The molecule has 1 aliphatic rings. The van der Waals surface area contributed by atoms with Gasteiger partial charge in [-0.15, -0.1) is 0 Å². The fourth-order valence-electron chi connectivity index (χ4n) is 0.986. The minimum Gasteiger partial charge on any atom is -0.242 e. The van der Waals surface area contributed by atoms with Crippen molar-refractivity contribution in [2.75, 3.05) is 5.75 Å². The molecule has 60 valence electrons. The molecule has 1 saturated heterocycles. The average Bonchev–Trinajstić information content (AvgIpc) is 1.95. The average molecular weight is 179 g/mol. The molecule has 1 heterocycles. The second kappa shape index (κ2) is 4.36. The van der Waals surface area contributed by atoms with Gasteiger partial charge in [-0.3, -0.25) is 0 Å². The largest absolute Gasteiger partial charge is 0.242 e. The summed E-state index contributed by atoms with van der Waals surface area (Å²) in [5, 5.41) is 0.697. The van der Waals surface area contributed by atoms with Gasteiger partial charge in [-0.05, 0) is 12.8 Å². The van der Waals surface area contributed by atoms with Crippen molar-refractivity contribution in [1.82, 2.24) is 4.13 Å². The Morgan fingerprint density at radius 1 is 1.80 bits per heavy atom. The summed E-state index contributed by atoms with van der Waals surface area (Å²) >= 11 is 1.65. The first-order valence-electron chi connectivity index (χ1n) is 3.62. The first kappa shape index (κ1) is 8.56. The molecular weight excluding hydrogens is 166 g/mol. The van der Waals surface area contributed by atoms with Gasteiger partial charge in [0.2, 0.25) is 0 Å². The van der Waals surface area contributed by atoms with Gasteiger partial charge in [0, 0.05) is 11.0 Å². The van der Waals surface area contributed by atoms with Crippen molar-refractivity contribution in [3.05, 3.63) is 0 Å². The maximum atomic E-state index is 10.8. The maximum Gasteiger partial charge on any atom is 0.102 e. The predicted molar refractivity (Wildman–Crippen MR) is 47.0 cm³/mol. The molecule has 0 saturated carbocycles. The normalized spacial score (nSPS) is 34.1. The fraction of sp³-hybridized carbons (Fsp3) is 1.00. The molecule has 0 aromatic rings. The van der Waals surface area contributed by atoms with Crippen LogP contribution in [0.5, 0.6) is 0 Å². The Bertz CT molecular complexity index is 119.